The summed E-state index contributed by atoms with van der Waals surface area (Å²) in [5, 5.41) is 0. The second kappa shape index (κ2) is 4.78. The maximum atomic E-state index is 5.81. The van der Waals surface area contributed by atoms with Gasteiger partial charge in [0, 0.05) is 30.5 Å². The fraction of sp³-hybridized carbons (Fsp3) is 0.667. The number of rotatable bonds is 2. The molecule has 1 atom stereocenters. The Hall–Kier alpha value is -1.16. The smallest absolute Gasteiger partial charge is 0.226 e. The van der Waals surface area contributed by atoms with Crippen molar-refractivity contribution < 1.29 is 0 Å². The lowest BCUT2D eigenvalue weighted by Crippen LogP contribution is -2.45. The molecule has 2 N–H and O–H groups in total. The van der Waals surface area contributed by atoms with E-state index in [-0.39, 0.29) is 0 Å². The van der Waals surface area contributed by atoms with E-state index in [2.05, 4.69) is 14.9 Å². The normalized spacial score (nSPS) is 21.2. The fourth-order valence-corrected chi connectivity index (χ4v) is 2.34. The lowest BCUT2D eigenvalue weighted by molar-refractivity contribution is 0.457. The van der Waals surface area contributed by atoms with Gasteiger partial charge in [0.15, 0.2) is 0 Å². The standard InChI is InChI=1S/C12H20N4/c1-9-7-10(2)15-12(14-9)16-6-4-3-5-11(16)8-13/h7,11H,3-6,8,13H2,1-2H3/t11-/m1/s1. The van der Waals surface area contributed by atoms with Crippen LogP contribution >= 0.6 is 0 Å². The van der Waals surface area contributed by atoms with E-state index < -0.39 is 0 Å². The number of hydrogen-bond donors (Lipinski definition) is 1. The van der Waals surface area contributed by atoms with Crippen LogP contribution < -0.4 is 10.6 Å². The minimum absolute atomic E-state index is 0.412. The molecule has 1 aliphatic rings. The highest BCUT2D eigenvalue weighted by atomic mass is 15.3. The lowest BCUT2D eigenvalue weighted by Gasteiger charge is -2.35. The third-order valence-electron chi connectivity index (χ3n) is 3.13. The van der Waals surface area contributed by atoms with Gasteiger partial charge >= 0.3 is 0 Å². The molecular formula is C12H20N4. The van der Waals surface area contributed by atoms with Gasteiger partial charge in [-0.25, -0.2) is 9.97 Å². The van der Waals surface area contributed by atoms with Crippen molar-refractivity contribution in [1.82, 2.24) is 9.97 Å². The Labute approximate surface area is 96.9 Å². The van der Waals surface area contributed by atoms with Crippen LogP contribution in [0.1, 0.15) is 30.7 Å². The number of hydrogen-bond acceptors (Lipinski definition) is 4. The summed E-state index contributed by atoms with van der Waals surface area (Å²) < 4.78 is 0. The van der Waals surface area contributed by atoms with Crippen LogP contribution in [0.3, 0.4) is 0 Å². The molecule has 0 bridgehead atoms. The molecule has 2 heterocycles. The Morgan fingerprint density at radius 1 is 1.31 bits per heavy atom. The van der Waals surface area contributed by atoms with Gasteiger partial charge in [-0.3, -0.25) is 0 Å². The van der Waals surface area contributed by atoms with Crippen LogP contribution in [0.15, 0.2) is 6.07 Å². The van der Waals surface area contributed by atoms with E-state index in [9.17, 15) is 0 Å². The molecule has 0 saturated carbocycles. The van der Waals surface area contributed by atoms with Crippen LogP contribution in [-0.2, 0) is 0 Å². The zero-order valence-corrected chi connectivity index (χ0v) is 10.1. The second-order valence-electron chi connectivity index (χ2n) is 4.53. The zero-order chi connectivity index (χ0) is 11.5. The van der Waals surface area contributed by atoms with Gasteiger partial charge < -0.3 is 10.6 Å². The summed E-state index contributed by atoms with van der Waals surface area (Å²) >= 11 is 0. The first kappa shape index (κ1) is 11.3. The molecule has 0 unspecified atom stereocenters. The monoisotopic (exact) mass is 220 g/mol. The third-order valence-corrected chi connectivity index (χ3v) is 3.13. The highest BCUT2D eigenvalue weighted by Crippen LogP contribution is 2.21. The highest BCUT2D eigenvalue weighted by molar-refractivity contribution is 5.34. The summed E-state index contributed by atoms with van der Waals surface area (Å²) in [5.74, 6) is 0.854. The Kier molecular flexibility index (Phi) is 3.39. The molecule has 1 aliphatic heterocycles. The molecule has 0 aromatic carbocycles. The third kappa shape index (κ3) is 2.32. The van der Waals surface area contributed by atoms with Crippen molar-refractivity contribution >= 4 is 5.95 Å². The molecule has 1 aromatic heterocycles. The molecule has 1 fully saturated rings. The topological polar surface area (TPSA) is 55.0 Å². The van der Waals surface area contributed by atoms with Crippen molar-refractivity contribution in [3.63, 3.8) is 0 Å². The number of aromatic nitrogens is 2. The Bertz CT molecular complexity index is 344. The van der Waals surface area contributed by atoms with E-state index in [0.29, 0.717) is 12.6 Å². The SMILES string of the molecule is Cc1cc(C)nc(N2CCCC[C@@H]2CN)n1. The van der Waals surface area contributed by atoms with Crippen molar-refractivity contribution in [3.8, 4) is 0 Å². The molecule has 0 amide bonds. The molecule has 2 rings (SSSR count). The lowest BCUT2D eigenvalue weighted by atomic mass is 10.0. The molecule has 88 valence electrons. The van der Waals surface area contributed by atoms with Crippen molar-refractivity contribution in [2.75, 3.05) is 18.0 Å². The van der Waals surface area contributed by atoms with E-state index in [1.165, 1.54) is 12.8 Å². The van der Waals surface area contributed by atoms with Gasteiger partial charge in [0.2, 0.25) is 5.95 Å². The number of nitrogens with zero attached hydrogens (tertiary/aromatic N) is 3. The number of aryl methyl sites for hydroxylation is 2. The second-order valence-corrected chi connectivity index (χ2v) is 4.53. The Balaban J connectivity index is 2.26. The largest absolute Gasteiger partial charge is 0.337 e. The Morgan fingerprint density at radius 2 is 2.00 bits per heavy atom. The van der Waals surface area contributed by atoms with Crippen LogP contribution in [0.4, 0.5) is 5.95 Å². The van der Waals surface area contributed by atoms with E-state index in [1.54, 1.807) is 0 Å². The highest BCUT2D eigenvalue weighted by Gasteiger charge is 2.23. The Morgan fingerprint density at radius 3 is 2.62 bits per heavy atom. The quantitative estimate of drug-likeness (QED) is 0.818. The average molecular weight is 220 g/mol. The summed E-state index contributed by atoms with van der Waals surface area (Å²) in [5.41, 5.74) is 7.87. The van der Waals surface area contributed by atoms with Crippen LogP contribution in [0.5, 0.6) is 0 Å². The van der Waals surface area contributed by atoms with Gasteiger partial charge in [-0.15, -0.1) is 0 Å². The van der Waals surface area contributed by atoms with Gasteiger partial charge in [-0.05, 0) is 39.2 Å². The summed E-state index contributed by atoms with van der Waals surface area (Å²) in [6.07, 6.45) is 3.64. The molecule has 0 radical (unpaired) electrons. The number of nitrogens with two attached hydrogens (primary N) is 1. The van der Waals surface area contributed by atoms with Gasteiger partial charge in [0.25, 0.3) is 0 Å². The predicted octanol–water partition coefficient (Wildman–Crippen LogP) is 1.41. The molecule has 1 aromatic rings. The molecule has 4 heteroatoms. The maximum absolute atomic E-state index is 5.81. The maximum Gasteiger partial charge on any atom is 0.226 e. The van der Waals surface area contributed by atoms with Crippen LogP contribution in [0.2, 0.25) is 0 Å². The van der Waals surface area contributed by atoms with Crippen molar-refractivity contribution in [1.29, 1.82) is 0 Å². The summed E-state index contributed by atoms with van der Waals surface area (Å²) in [4.78, 5) is 11.3. The van der Waals surface area contributed by atoms with E-state index >= 15 is 0 Å². The van der Waals surface area contributed by atoms with Crippen molar-refractivity contribution in [3.05, 3.63) is 17.5 Å². The van der Waals surface area contributed by atoms with Gasteiger partial charge in [0.1, 0.15) is 0 Å². The summed E-state index contributed by atoms with van der Waals surface area (Å²) in [6.45, 7) is 5.75. The molecule has 16 heavy (non-hydrogen) atoms. The van der Waals surface area contributed by atoms with Crippen molar-refractivity contribution in [2.24, 2.45) is 5.73 Å². The predicted molar refractivity (Wildman–Crippen MR) is 65.5 cm³/mol. The van der Waals surface area contributed by atoms with Crippen LogP contribution in [0, 0.1) is 13.8 Å². The van der Waals surface area contributed by atoms with Crippen molar-refractivity contribution in [2.45, 2.75) is 39.2 Å². The molecule has 1 saturated heterocycles. The van der Waals surface area contributed by atoms with E-state index in [4.69, 9.17) is 5.73 Å². The minimum atomic E-state index is 0.412. The molecule has 4 nitrogen and oxygen atoms in total. The molecule has 0 aliphatic carbocycles. The van der Waals surface area contributed by atoms with E-state index in [0.717, 1.165) is 30.3 Å². The average Bonchev–Trinajstić information content (AvgIpc) is 2.27. The number of anilines is 1. The first-order chi connectivity index (χ1) is 7.70. The summed E-state index contributed by atoms with van der Waals surface area (Å²) in [6, 6.07) is 2.42. The minimum Gasteiger partial charge on any atom is -0.337 e. The first-order valence-corrected chi connectivity index (χ1v) is 5.99. The van der Waals surface area contributed by atoms with Crippen LogP contribution in [-0.4, -0.2) is 29.1 Å². The number of piperidine rings is 1. The van der Waals surface area contributed by atoms with Gasteiger partial charge in [-0.1, -0.05) is 0 Å². The van der Waals surface area contributed by atoms with Gasteiger partial charge in [-0.2, -0.15) is 0 Å². The molecular weight excluding hydrogens is 200 g/mol. The fourth-order valence-electron chi connectivity index (χ4n) is 2.34. The van der Waals surface area contributed by atoms with Crippen LogP contribution in [0.25, 0.3) is 0 Å². The summed E-state index contributed by atoms with van der Waals surface area (Å²) in [7, 11) is 0. The van der Waals surface area contributed by atoms with Gasteiger partial charge in [0.05, 0.1) is 0 Å². The molecule has 0 spiro atoms. The van der Waals surface area contributed by atoms with E-state index in [1.807, 2.05) is 19.9 Å². The first-order valence-electron chi connectivity index (χ1n) is 5.99. The zero-order valence-electron chi connectivity index (χ0n) is 10.1.